The lowest BCUT2D eigenvalue weighted by Gasteiger charge is -2.64. The highest BCUT2D eigenvalue weighted by atomic mass is 16.3. The highest BCUT2D eigenvalue weighted by Crippen LogP contribution is 2.74. The molecule has 4 heteroatoms. The number of phenolic OH excluding ortho intramolecular Hbond substituents is 2. The van der Waals surface area contributed by atoms with Gasteiger partial charge in [-0.3, -0.25) is 4.79 Å². The first-order valence-corrected chi connectivity index (χ1v) is 11.4. The Labute approximate surface area is 183 Å². The van der Waals surface area contributed by atoms with Crippen LogP contribution in [-0.4, -0.2) is 40.5 Å². The molecule has 4 aliphatic rings. The second-order valence-electron chi connectivity index (χ2n) is 10.1. The summed E-state index contributed by atoms with van der Waals surface area (Å²) in [6.45, 7) is 3.07. The monoisotopic (exact) mass is 415 g/mol. The summed E-state index contributed by atoms with van der Waals surface area (Å²) in [6, 6.07) is 14.3. The van der Waals surface area contributed by atoms with E-state index in [2.05, 4.69) is 43.1 Å². The molecular weight excluding hydrogens is 386 g/mol. The number of likely N-dealkylation sites (N-methyl/N-ethyl adjacent to an activating group) is 1. The third kappa shape index (κ3) is 2.17. The number of carbonyl (C=O) groups is 1. The molecule has 1 saturated heterocycles. The molecule has 2 aromatic rings. The fourth-order valence-corrected chi connectivity index (χ4v) is 7.95. The number of hydrogen-bond acceptors (Lipinski definition) is 4. The van der Waals surface area contributed by atoms with Crippen molar-refractivity contribution in [3.63, 3.8) is 0 Å². The van der Waals surface area contributed by atoms with Gasteiger partial charge in [-0.1, -0.05) is 42.0 Å². The van der Waals surface area contributed by atoms with E-state index in [1.807, 2.05) is 12.1 Å². The molecule has 0 spiro atoms. The summed E-state index contributed by atoms with van der Waals surface area (Å²) < 4.78 is 0. The van der Waals surface area contributed by atoms with E-state index < -0.39 is 5.41 Å². The average molecular weight is 416 g/mol. The molecule has 4 atom stereocenters. The number of nitrogens with zero attached hydrogens (tertiary/aromatic N) is 1. The summed E-state index contributed by atoms with van der Waals surface area (Å²) in [4.78, 5) is 16.1. The number of hydrogen-bond donors (Lipinski definition) is 2. The molecule has 1 aliphatic heterocycles. The molecule has 2 N–H and O–H groups in total. The predicted octanol–water partition coefficient (Wildman–Crippen LogP) is 4.44. The minimum Gasteiger partial charge on any atom is -0.504 e. The van der Waals surface area contributed by atoms with Gasteiger partial charge in [-0.25, -0.2) is 0 Å². The van der Waals surface area contributed by atoms with Gasteiger partial charge in [0, 0.05) is 34.8 Å². The maximum absolute atomic E-state index is 13.6. The van der Waals surface area contributed by atoms with Gasteiger partial charge in [-0.05, 0) is 69.0 Å². The van der Waals surface area contributed by atoms with E-state index in [-0.39, 0.29) is 22.8 Å². The Morgan fingerprint density at radius 1 is 1.10 bits per heavy atom. The molecule has 31 heavy (non-hydrogen) atoms. The maximum Gasteiger partial charge on any atom is 0.161 e. The Morgan fingerprint density at radius 2 is 1.87 bits per heavy atom. The normalized spacial score (nSPS) is 35.5. The molecule has 0 amide bonds. The first-order chi connectivity index (χ1) is 14.9. The van der Waals surface area contributed by atoms with Crippen molar-refractivity contribution in [3.05, 3.63) is 64.7 Å². The lowest BCUT2D eigenvalue weighted by Crippen LogP contribution is -2.67. The molecule has 160 valence electrons. The van der Waals surface area contributed by atoms with E-state index >= 15 is 0 Å². The van der Waals surface area contributed by atoms with Gasteiger partial charge in [0.05, 0.1) is 0 Å². The quantitative estimate of drug-likeness (QED) is 0.676. The fourth-order valence-electron chi connectivity index (χ4n) is 7.95. The van der Waals surface area contributed by atoms with Crippen molar-refractivity contribution < 1.29 is 15.0 Å². The first kappa shape index (κ1) is 19.1. The van der Waals surface area contributed by atoms with Crippen LogP contribution in [0.4, 0.5) is 0 Å². The van der Waals surface area contributed by atoms with Crippen LogP contribution >= 0.6 is 0 Å². The van der Waals surface area contributed by atoms with Crippen molar-refractivity contribution >= 4 is 11.4 Å². The van der Waals surface area contributed by atoms with Crippen LogP contribution in [0, 0.1) is 11.3 Å². The number of piperidine rings is 1. The number of phenols is 2. The van der Waals surface area contributed by atoms with Gasteiger partial charge >= 0.3 is 0 Å². The second kappa shape index (κ2) is 6.23. The zero-order valence-electron chi connectivity index (χ0n) is 18.2. The number of carbonyl (C=O) groups excluding carboxylic acids is 1. The molecule has 3 fully saturated rings. The number of aromatic hydroxyl groups is 2. The van der Waals surface area contributed by atoms with Crippen LogP contribution in [0.5, 0.6) is 11.5 Å². The van der Waals surface area contributed by atoms with Crippen molar-refractivity contribution in [2.75, 3.05) is 13.6 Å². The number of benzene rings is 2. The van der Waals surface area contributed by atoms with Crippen molar-refractivity contribution in [1.29, 1.82) is 0 Å². The predicted molar refractivity (Wildman–Crippen MR) is 120 cm³/mol. The van der Waals surface area contributed by atoms with Gasteiger partial charge in [0.25, 0.3) is 0 Å². The van der Waals surface area contributed by atoms with E-state index in [9.17, 15) is 15.0 Å². The second-order valence-corrected chi connectivity index (χ2v) is 10.1. The lowest BCUT2D eigenvalue weighted by molar-refractivity contribution is -0.138. The fraction of sp³-hybridized carbons (Fsp3) is 0.444. The minimum atomic E-state index is -0.429. The standard InChI is InChI=1S/C27H29NO3/c1-16(17-6-4-3-5-7-17)19-15-26-11-10-20(29)24(19)27(26)12-13-28(2)22(26)14-18-8-9-21(30)25(31)23(18)27/h3-9,22,24,30-31H,10-15H2,1-2H3/b19-16+/t22-,24?,26-,27+/m1/s1. The summed E-state index contributed by atoms with van der Waals surface area (Å²) in [6.07, 6.45) is 4.06. The SMILES string of the molecule is C/C(=C1/C[C@@]23CCC(=O)C1[C@@]21CCN(C)[C@@H]3Cc2ccc(O)c(O)c21)c1ccccc1. The Balaban J connectivity index is 1.69. The van der Waals surface area contributed by atoms with Crippen LogP contribution in [0.15, 0.2) is 48.0 Å². The third-order valence-corrected chi connectivity index (χ3v) is 9.19. The lowest BCUT2D eigenvalue weighted by atomic mass is 9.44. The van der Waals surface area contributed by atoms with Gasteiger partial charge in [0.2, 0.25) is 0 Å². The molecule has 4 bridgehead atoms. The minimum absolute atomic E-state index is 0.00296. The van der Waals surface area contributed by atoms with Crippen molar-refractivity contribution in [2.45, 2.75) is 50.5 Å². The molecule has 1 heterocycles. The molecule has 3 aliphatic carbocycles. The Bertz CT molecular complexity index is 1140. The summed E-state index contributed by atoms with van der Waals surface area (Å²) in [5.74, 6) is 0.0216. The average Bonchev–Trinajstić information content (AvgIpc) is 3.01. The van der Waals surface area contributed by atoms with Crippen LogP contribution in [0.3, 0.4) is 0 Å². The molecule has 0 radical (unpaired) electrons. The Morgan fingerprint density at radius 3 is 2.65 bits per heavy atom. The Kier molecular flexibility index (Phi) is 3.84. The van der Waals surface area contributed by atoms with Crippen LogP contribution in [0.2, 0.25) is 0 Å². The number of ketones is 1. The molecule has 6 rings (SSSR count). The molecule has 1 unspecified atom stereocenters. The van der Waals surface area contributed by atoms with Crippen LogP contribution in [-0.2, 0) is 16.6 Å². The largest absolute Gasteiger partial charge is 0.504 e. The van der Waals surface area contributed by atoms with E-state index in [0.717, 1.165) is 43.4 Å². The highest BCUT2D eigenvalue weighted by molar-refractivity contribution is 5.92. The number of Topliss-reactive ketones (excluding diaryl/α,β-unsaturated/α-hetero) is 1. The van der Waals surface area contributed by atoms with E-state index in [0.29, 0.717) is 18.2 Å². The molecular formula is C27H29NO3. The number of allylic oxidation sites excluding steroid dienone is 2. The molecule has 2 aromatic carbocycles. The van der Waals surface area contributed by atoms with Gasteiger partial charge < -0.3 is 15.1 Å². The van der Waals surface area contributed by atoms with Crippen LogP contribution < -0.4 is 0 Å². The van der Waals surface area contributed by atoms with Crippen molar-refractivity contribution in [1.82, 2.24) is 4.90 Å². The van der Waals surface area contributed by atoms with Crippen molar-refractivity contribution in [2.24, 2.45) is 11.3 Å². The van der Waals surface area contributed by atoms with Gasteiger partial charge in [0.1, 0.15) is 5.78 Å². The van der Waals surface area contributed by atoms with Crippen molar-refractivity contribution in [3.8, 4) is 11.5 Å². The summed E-state index contributed by atoms with van der Waals surface area (Å²) >= 11 is 0. The van der Waals surface area contributed by atoms with E-state index in [1.54, 1.807) is 6.07 Å². The molecule has 4 nitrogen and oxygen atoms in total. The van der Waals surface area contributed by atoms with E-state index in [4.69, 9.17) is 0 Å². The topological polar surface area (TPSA) is 60.8 Å². The van der Waals surface area contributed by atoms with Gasteiger partial charge in [-0.15, -0.1) is 0 Å². The number of rotatable bonds is 1. The zero-order valence-corrected chi connectivity index (χ0v) is 18.2. The number of fused-ring (bicyclic) bond motifs is 1. The van der Waals surface area contributed by atoms with Crippen LogP contribution in [0.25, 0.3) is 5.57 Å². The van der Waals surface area contributed by atoms with E-state index in [1.165, 1.54) is 16.7 Å². The zero-order chi connectivity index (χ0) is 21.5. The highest BCUT2D eigenvalue weighted by Gasteiger charge is 2.73. The smallest absolute Gasteiger partial charge is 0.161 e. The van der Waals surface area contributed by atoms with Gasteiger partial charge in [0.15, 0.2) is 11.5 Å². The van der Waals surface area contributed by atoms with Gasteiger partial charge in [-0.2, -0.15) is 0 Å². The number of likely N-dealkylation sites (tertiary alicyclic amines) is 1. The first-order valence-electron chi connectivity index (χ1n) is 11.4. The third-order valence-electron chi connectivity index (χ3n) is 9.19. The summed E-state index contributed by atoms with van der Waals surface area (Å²) in [5, 5.41) is 21.6. The summed E-state index contributed by atoms with van der Waals surface area (Å²) in [7, 11) is 2.21. The summed E-state index contributed by atoms with van der Waals surface area (Å²) in [5.41, 5.74) is 5.09. The Hall–Kier alpha value is -2.59. The maximum atomic E-state index is 13.6. The van der Waals surface area contributed by atoms with Crippen LogP contribution in [0.1, 0.15) is 49.3 Å². The molecule has 2 saturated carbocycles. The molecule has 0 aromatic heterocycles.